The van der Waals surface area contributed by atoms with Gasteiger partial charge in [0.05, 0.1) is 6.61 Å². The zero-order valence-corrected chi connectivity index (χ0v) is 11.3. The summed E-state index contributed by atoms with van der Waals surface area (Å²) in [6.07, 6.45) is 3.59. The lowest BCUT2D eigenvalue weighted by Crippen LogP contribution is -2.55. The van der Waals surface area contributed by atoms with Crippen molar-refractivity contribution in [1.82, 2.24) is 5.32 Å². The largest absolute Gasteiger partial charge is 0.480 e. The second kappa shape index (κ2) is 6.05. The predicted molar refractivity (Wildman–Crippen MR) is 73.3 cm³/mol. The van der Waals surface area contributed by atoms with Gasteiger partial charge in [0.25, 0.3) is 5.91 Å². The van der Waals surface area contributed by atoms with E-state index in [4.69, 9.17) is 5.11 Å². The van der Waals surface area contributed by atoms with Crippen LogP contribution in [0.1, 0.15) is 48.0 Å². The van der Waals surface area contributed by atoms with Crippen molar-refractivity contribution in [3.05, 3.63) is 35.4 Å². The molecule has 2 rings (SSSR count). The molecule has 1 fully saturated rings. The Bertz CT molecular complexity index is 489. The van der Waals surface area contributed by atoms with E-state index in [0.717, 1.165) is 19.3 Å². The van der Waals surface area contributed by atoms with Gasteiger partial charge in [0.2, 0.25) is 0 Å². The molecule has 1 aliphatic rings. The standard InChI is InChI=1S/C15H19NO4/c17-10-11-4-6-12(7-5-11)13(18)16-15(14(19)20)8-2-1-3-9-15/h4-7,17H,1-3,8-10H2,(H,16,18)(H,19,20). The van der Waals surface area contributed by atoms with E-state index < -0.39 is 11.5 Å². The number of hydrogen-bond donors (Lipinski definition) is 3. The van der Waals surface area contributed by atoms with Crippen LogP contribution in [-0.2, 0) is 11.4 Å². The Morgan fingerprint density at radius 3 is 2.20 bits per heavy atom. The molecule has 20 heavy (non-hydrogen) atoms. The molecule has 1 aromatic rings. The van der Waals surface area contributed by atoms with Gasteiger partial charge in [-0.25, -0.2) is 4.79 Å². The number of nitrogens with one attached hydrogen (secondary N) is 1. The summed E-state index contributed by atoms with van der Waals surface area (Å²) in [7, 11) is 0. The second-order valence-electron chi connectivity index (χ2n) is 5.26. The number of aliphatic hydroxyl groups excluding tert-OH is 1. The molecule has 1 aromatic carbocycles. The van der Waals surface area contributed by atoms with E-state index in [9.17, 15) is 14.7 Å². The SMILES string of the molecule is O=C(NC1(C(=O)O)CCCCC1)c1ccc(CO)cc1. The van der Waals surface area contributed by atoms with E-state index in [2.05, 4.69) is 5.32 Å². The molecular formula is C15H19NO4. The molecule has 0 bridgehead atoms. The minimum atomic E-state index is -1.13. The van der Waals surface area contributed by atoms with Crippen LogP contribution in [0.2, 0.25) is 0 Å². The average Bonchev–Trinajstić information content (AvgIpc) is 2.48. The van der Waals surface area contributed by atoms with Gasteiger partial charge in [0, 0.05) is 5.56 Å². The molecule has 0 aliphatic heterocycles. The first kappa shape index (κ1) is 14.5. The highest BCUT2D eigenvalue weighted by atomic mass is 16.4. The van der Waals surface area contributed by atoms with Crippen LogP contribution in [0.5, 0.6) is 0 Å². The molecule has 0 spiro atoms. The summed E-state index contributed by atoms with van der Waals surface area (Å²) in [5.41, 5.74) is -0.00842. The molecule has 0 radical (unpaired) electrons. The molecule has 1 saturated carbocycles. The van der Waals surface area contributed by atoms with Crippen LogP contribution in [0.25, 0.3) is 0 Å². The fraction of sp³-hybridized carbons (Fsp3) is 0.467. The maximum Gasteiger partial charge on any atom is 0.329 e. The molecule has 5 heteroatoms. The first-order chi connectivity index (χ1) is 9.57. The molecule has 0 heterocycles. The number of aliphatic carboxylic acids is 1. The van der Waals surface area contributed by atoms with E-state index >= 15 is 0 Å². The van der Waals surface area contributed by atoms with Crippen LogP contribution >= 0.6 is 0 Å². The van der Waals surface area contributed by atoms with Crippen LogP contribution < -0.4 is 5.32 Å². The summed E-state index contributed by atoms with van der Waals surface area (Å²) in [5.74, 6) is -1.34. The molecule has 0 saturated heterocycles. The zero-order valence-electron chi connectivity index (χ0n) is 11.3. The lowest BCUT2D eigenvalue weighted by Gasteiger charge is -2.34. The summed E-state index contributed by atoms with van der Waals surface area (Å²) >= 11 is 0. The monoisotopic (exact) mass is 277 g/mol. The number of carbonyl (C=O) groups is 2. The van der Waals surface area contributed by atoms with E-state index in [-0.39, 0.29) is 12.5 Å². The molecule has 108 valence electrons. The molecule has 1 aliphatic carbocycles. The van der Waals surface area contributed by atoms with Gasteiger partial charge in [-0.3, -0.25) is 4.79 Å². The van der Waals surface area contributed by atoms with Crippen LogP contribution in [0.15, 0.2) is 24.3 Å². The normalized spacial score (nSPS) is 17.4. The Balaban J connectivity index is 2.13. The maximum atomic E-state index is 12.2. The van der Waals surface area contributed by atoms with Crippen LogP contribution in [0, 0.1) is 0 Å². The summed E-state index contributed by atoms with van der Waals surface area (Å²) in [5, 5.41) is 21.1. The van der Waals surface area contributed by atoms with Crippen LogP contribution in [0.3, 0.4) is 0 Å². The van der Waals surface area contributed by atoms with E-state index in [1.165, 1.54) is 0 Å². The summed E-state index contributed by atoms with van der Waals surface area (Å²) in [4.78, 5) is 23.7. The number of carbonyl (C=O) groups excluding carboxylic acids is 1. The zero-order chi connectivity index (χ0) is 14.6. The number of carboxylic acid groups (broad SMARTS) is 1. The third kappa shape index (κ3) is 2.99. The van der Waals surface area contributed by atoms with E-state index in [1.807, 2.05) is 0 Å². The van der Waals surface area contributed by atoms with Gasteiger partial charge in [0.15, 0.2) is 0 Å². The van der Waals surface area contributed by atoms with E-state index in [1.54, 1.807) is 24.3 Å². The van der Waals surface area contributed by atoms with Crippen molar-refractivity contribution in [2.45, 2.75) is 44.2 Å². The fourth-order valence-corrected chi connectivity index (χ4v) is 2.60. The van der Waals surface area contributed by atoms with Crippen molar-refractivity contribution in [3.63, 3.8) is 0 Å². The van der Waals surface area contributed by atoms with Crippen molar-refractivity contribution in [3.8, 4) is 0 Å². The minimum absolute atomic E-state index is 0.0824. The Labute approximate surface area is 117 Å². The topological polar surface area (TPSA) is 86.6 Å². The molecule has 1 amide bonds. The third-order valence-corrected chi connectivity index (χ3v) is 3.87. The van der Waals surface area contributed by atoms with Gasteiger partial charge >= 0.3 is 5.97 Å². The van der Waals surface area contributed by atoms with Crippen molar-refractivity contribution < 1.29 is 19.8 Å². The number of benzene rings is 1. The summed E-state index contributed by atoms with van der Waals surface area (Å²) in [6, 6.07) is 6.50. The van der Waals surface area contributed by atoms with Crippen molar-refractivity contribution in [1.29, 1.82) is 0 Å². The average molecular weight is 277 g/mol. The van der Waals surface area contributed by atoms with Gasteiger partial charge in [-0.2, -0.15) is 0 Å². The fourth-order valence-electron chi connectivity index (χ4n) is 2.60. The Morgan fingerprint density at radius 2 is 1.70 bits per heavy atom. The second-order valence-corrected chi connectivity index (χ2v) is 5.26. The first-order valence-corrected chi connectivity index (χ1v) is 6.83. The summed E-state index contributed by atoms with van der Waals surface area (Å²) < 4.78 is 0. The van der Waals surface area contributed by atoms with Crippen molar-refractivity contribution >= 4 is 11.9 Å². The molecule has 0 aromatic heterocycles. The van der Waals surface area contributed by atoms with Crippen LogP contribution in [-0.4, -0.2) is 27.6 Å². The van der Waals surface area contributed by atoms with Gasteiger partial charge in [-0.15, -0.1) is 0 Å². The summed E-state index contributed by atoms with van der Waals surface area (Å²) in [6.45, 7) is -0.0824. The number of carboxylic acids is 1. The Morgan fingerprint density at radius 1 is 1.10 bits per heavy atom. The first-order valence-electron chi connectivity index (χ1n) is 6.83. The smallest absolute Gasteiger partial charge is 0.329 e. The lowest BCUT2D eigenvalue weighted by molar-refractivity contribution is -0.145. The molecule has 0 atom stereocenters. The van der Waals surface area contributed by atoms with Gasteiger partial charge in [-0.05, 0) is 30.5 Å². The molecule has 0 unspecified atom stereocenters. The minimum Gasteiger partial charge on any atom is -0.480 e. The third-order valence-electron chi connectivity index (χ3n) is 3.87. The maximum absolute atomic E-state index is 12.2. The number of aliphatic hydroxyl groups is 1. The van der Waals surface area contributed by atoms with Gasteiger partial charge in [-0.1, -0.05) is 31.4 Å². The number of rotatable bonds is 4. The Hall–Kier alpha value is -1.88. The number of hydrogen-bond acceptors (Lipinski definition) is 3. The highest BCUT2D eigenvalue weighted by Crippen LogP contribution is 2.28. The molecule has 5 nitrogen and oxygen atoms in total. The number of amides is 1. The lowest BCUT2D eigenvalue weighted by atomic mass is 9.81. The highest BCUT2D eigenvalue weighted by Gasteiger charge is 2.41. The van der Waals surface area contributed by atoms with Gasteiger partial charge < -0.3 is 15.5 Å². The van der Waals surface area contributed by atoms with E-state index in [0.29, 0.717) is 24.0 Å². The quantitative estimate of drug-likeness (QED) is 0.781. The van der Waals surface area contributed by atoms with Crippen molar-refractivity contribution in [2.24, 2.45) is 0 Å². The molecular weight excluding hydrogens is 258 g/mol. The highest BCUT2D eigenvalue weighted by molar-refractivity contribution is 5.97. The van der Waals surface area contributed by atoms with Gasteiger partial charge in [0.1, 0.15) is 5.54 Å². The van der Waals surface area contributed by atoms with Crippen LogP contribution in [0.4, 0.5) is 0 Å². The predicted octanol–water partition coefficient (Wildman–Crippen LogP) is 1.70. The Kier molecular flexibility index (Phi) is 4.39. The molecule has 3 N–H and O–H groups in total. The van der Waals surface area contributed by atoms with Crippen molar-refractivity contribution in [2.75, 3.05) is 0 Å².